The Morgan fingerprint density at radius 3 is 2.31 bits per heavy atom. The van der Waals surface area contributed by atoms with Gasteiger partial charge in [0.1, 0.15) is 5.69 Å². The first-order chi connectivity index (χ1) is 16.1. The monoisotopic (exact) mass is 511 g/mol. The van der Waals surface area contributed by atoms with Gasteiger partial charge in [0.05, 0.1) is 18.1 Å². The van der Waals surface area contributed by atoms with Gasteiger partial charge >= 0.3 is 12.1 Å². The van der Waals surface area contributed by atoms with E-state index in [0.29, 0.717) is 18.2 Å². The minimum atomic E-state index is -5.08. The topological polar surface area (TPSA) is 213 Å². The Labute approximate surface area is 199 Å². The Hall–Kier alpha value is -3.08. The summed E-state index contributed by atoms with van der Waals surface area (Å²) in [6.45, 7) is 8.01. The lowest BCUT2D eigenvalue weighted by atomic mass is 9.88. The molecular weight excluding hydrogens is 479 g/mol. The Morgan fingerprint density at radius 1 is 1.29 bits per heavy atom. The average Bonchev–Trinajstić information content (AvgIpc) is 3.48. The summed E-state index contributed by atoms with van der Waals surface area (Å²) in [5.74, 6) is -2.93. The van der Waals surface area contributed by atoms with E-state index >= 15 is 0 Å². The first-order valence-corrected chi connectivity index (χ1v) is 10.5. The smallest absolute Gasteiger partial charge is 0.475 e. The number of primary amides is 1. The number of imidazole rings is 1. The number of halogens is 3. The van der Waals surface area contributed by atoms with E-state index < -0.39 is 18.1 Å². The highest BCUT2D eigenvalue weighted by molar-refractivity contribution is 5.91. The molecule has 0 aliphatic carbocycles. The van der Waals surface area contributed by atoms with Crippen molar-refractivity contribution in [1.82, 2.24) is 30.9 Å². The Balaban J connectivity index is 0.000000746. The largest absolute Gasteiger partial charge is 0.490 e. The van der Waals surface area contributed by atoms with E-state index in [9.17, 15) is 18.0 Å². The van der Waals surface area contributed by atoms with Gasteiger partial charge in [0.2, 0.25) is 0 Å². The van der Waals surface area contributed by atoms with Crippen LogP contribution in [0.1, 0.15) is 54.6 Å². The van der Waals surface area contributed by atoms with Gasteiger partial charge in [-0.3, -0.25) is 4.79 Å². The van der Waals surface area contributed by atoms with Gasteiger partial charge in [0.25, 0.3) is 5.91 Å². The third-order valence-corrected chi connectivity index (χ3v) is 4.64. The summed E-state index contributed by atoms with van der Waals surface area (Å²) < 4.78 is 41.2. The van der Waals surface area contributed by atoms with Crippen LogP contribution in [0.15, 0.2) is 17.2 Å². The third-order valence-electron chi connectivity index (χ3n) is 4.64. The molecule has 1 fully saturated rings. The van der Waals surface area contributed by atoms with Crippen LogP contribution in [0.2, 0.25) is 0 Å². The first-order valence-electron chi connectivity index (χ1n) is 10.5. The molecule has 0 spiro atoms. The summed E-state index contributed by atoms with van der Waals surface area (Å²) in [5, 5.41) is 21.2. The molecule has 2 aromatic heterocycles. The van der Waals surface area contributed by atoms with E-state index in [-0.39, 0.29) is 17.2 Å². The minimum absolute atomic E-state index is 0. The number of aromatic amines is 1. The molecule has 1 aliphatic rings. The molecule has 200 valence electrons. The van der Waals surface area contributed by atoms with Gasteiger partial charge in [0.15, 0.2) is 5.69 Å². The van der Waals surface area contributed by atoms with Gasteiger partial charge in [-0.15, -0.1) is 0 Å². The number of nitrogens with two attached hydrogens (primary N) is 1. The number of nitrogens with one attached hydrogen (secondary N) is 3. The van der Waals surface area contributed by atoms with Crippen LogP contribution in [0.4, 0.5) is 13.2 Å². The van der Waals surface area contributed by atoms with Crippen molar-refractivity contribution in [1.29, 1.82) is 0 Å². The van der Waals surface area contributed by atoms with Gasteiger partial charge < -0.3 is 36.7 Å². The Morgan fingerprint density at radius 2 is 1.89 bits per heavy atom. The fourth-order valence-corrected chi connectivity index (χ4v) is 3.07. The molecule has 3 heterocycles. The third kappa shape index (κ3) is 11.7. The second kappa shape index (κ2) is 16.5. The number of carboxylic acid groups (broad SMARTS) is 1. The molecule has 8 N–H and O–H groups in total. The van der Waals surface area contributed by atoms with Crippen LogP contribution in [0, 0.1) is 5.92 Å². The number of piperidine rings is 1. The highest BCUT2D eigenvalue weighted by Crippen LogP contribution is 2.28. The average molecular weight is 512 g/mol. The molecule has 0 radical (unpaired) electrons. The second-order valence-electron chi connectivity index (χ2n) is 6.96. The molecule has 35 heavy (non-hydrogen) atoms. The predicted molar refractivity (Wildman–Crippen MR) is 116 cm³/mol. The Kier molecular flexibility index (Phi) is 15.1. The van der Waals surface area contributed by atoms with E-state index in [4.69, 9.17) is 20.4 Å². The second-order valence-corrected chi connectivity index (χ2v) is 6.96. The summed E-state index contributed by atoms with van der Waals surface area (Å²) in [7, 11) is 0. The molecule has 0 aromatic carbocycles. The number of aromatic nitrogens is 4. The van der Waals surface area contributed by atoms with E-state index in [1.54, 1.807) is 6.33 Å². The fourth-order valence-electron chi connectivity index (χ4n) is 3.07. The molecule has 13 nitrogen and oxygen atoms in total. The van der Waals surface area contributed by atoms with Crippen LogP contribution >= 0.6 is 0 Å². The van der Waals surface area contributed by atoms with Crippen LogP contribution in [-0.4, -0.2) is 75.2 Å². The molecule has 0 saturated carbocycles. The van der Waals surface area contributed by atoms with Crippen molar-refractivity contribution >= 4 is 11.9 Å². The standard InChI is InChI=1S/C13H19N7O2.C4H10O.C2HF3O2.H2O/c14-13(21)12-10(19-22-20-12)6-17-11(9-5-16-7-18-9)8-1-3-15-4-2-8;1-3-5-4-2;3-2(4,5)1(6)7;/h5,7-8,11,15,17H,1-4,6H2,(H2,14,21)(H,16,18);3-4H2,1-2H3;(H,6,7);1H2. The zero-order valence-electron chi connectivity index (χ0n) is 19.4. The number of carboxylic acids is 1. The number of rotatable bonds is 8. The molecule has 3 rings (SSSR count). The molecule has 2 aromatic rings. The van der Waals surface area contributed by atoms with Crippen molar-refractivity contribution in [2.45, 2.75) is 45.5 Å². The highest BCUT2D eigenvalue weighted by Gasteiger charge is 2.38. The molecule has 0 bridgehead atoms. The zero-order valence-corrected chi connectivity index (χ0v) is 19.4. The first kappa shape index (κ1) is 31.9. The number of carbonyl (C=O) groups excluding carboxylic acids is 1. The van der Waals surface area contributed by atoms with Crippen molar-refractivity contribution < 1.29 is 42.7 Å². The van der Waals surface area contributed by atoms with Crippen molar-refractivity contribution in [2.75, 3.05) is 26.3 Å². The molecule has 16 heteroatoms. The molecule has 1 amide bonds. The number of amides is 1. The van der Waals surface area contributed by atoms with E-state index in [1.165, 1.54) is 0 Å². The van der Waals surface area contributed by atoms with E-state index in [0.717, 1.165) is 44.8 Å². The van der Waals surface area contributed by atoms with Crippen LogP contribution in [0.5, 0.6) is 0 Å². The van der Waals surface area contributed by atoms with Crippen molar-refractivity contribution in [2.24, 2.45) is 11.7 Å². The van der Waals surface area contributed by atoms with Crippen LogP contribution in [0.25, 0.3) is 0 Å². The van der Waals surface area contributed by atoms with Gasteiger partial charge in [0, 0.05) is 26.0 Å². The SMILES string of the molecule is CCOCC.NC(=O)c1nonc1CNC(c1cnc[nH]1)C1CCNCC1.O.O=C(O)C(F)(F)F. The number of carbonyl (C=O) groups is 2. The van der Waals surface area contributed by atoms with Crippen LogP contribution < -0.4 is 16.4 Å². The molecule has 1 aliphatic heterocycles. The van der Waals surface area contributed by atoms with Gasteiger partial charge in [-0.05, 0) is 50.9 Å². The number of aliphatic carboxylic acids is 1. The van der Waals surface area contributed by atoms with Crippen LogP contribution in [-0.2, 0) is 16.1 Å². The minimum Gasteiger partial charge on any atom is -0.475 e. The van der Waals surface area contributed by atoms with Gasteiger partial charge in [-0.1, -0.05) is 5.16 Å². The van der Waals surface area contributed by atoms with Crippen molar-refractivity contribution in [3.8, 4) is 0 Å². The predicted octanol–water partition coefficient (Wildman–Crippen LogP) is 0.574. The molecule has 1 atom stereocenters. The quantitative estimate of drug-likeness (QED) is 0.332. The number of hydrogen-bond acceptors (Lipinski definition) is 9. The zero-order chi connectivity index (χ0) is 25.6. The van der Waals surface area contributed by atoms with Crippen molar-refractivity contribution in [3.63, 3.8) is 0 Å². The maximum atomic E-state index is 11.3. The van der Waals surface area contributed by atoms with Gasteiger partial charge in [-0.25, -0.2) is 14.4 Å². The van der Waals surface area contributed by atoms with E-state index in [2.05, 4.69) is 35.5 Å². The summed E-state index contributed by atoms with van der Waals surface area (Å²) in [4.78, 5) is 27.4. The lowest BCUT2D eigenvalue weighted by Crippen LogP contribution is -2.36. The number of ether oxygens (including phenoxy) is 1. The number of alkyl halides is 3. The Bertz CT molecular complexity index is 840. The lowest BCUT2D eigenvalue weighted by Gasteiger charge is -2.30. The molecule has 1 saturated heterocycles. The molecular formula is C19H32F3N7O6. The number of H-pyrrole nitrogens is 1. The summed E-state index contributed by atoms with van der Waals surface area (Å²) >= 11 is 0. The summed E-state index contributed by atoms with van der Waals surface area (Å²) in [6.07, 6.45) is 0.528. The summed E-state index contributed by atoms with van der Waals surface area (Å²) in [5.41, 5.74) is 6.76. The fraction of sp³-hybridized carbons (Fsp3) is 0.632. The number of nitrogens with zero attached hydrogens (tertiary/aromatic N) is 3. The normalized spacial score (nSPS) is 14.4. The van der Waals surface area contributed by atoms with E-state index in [1.807, 2.05) is 20.0 Å². The maximum Gasteiger partial charge on any atom is 0.490 e. The van der Waals surface area contributed by atoms with Crippen molar-refractivity contribution in [3.05, 3.63) is 29.6 Å². The number of hydrogen-bond donors (Lipinski definition) is 5. The maximum absolute atomic E-state index is 11.3. The summed E-state index contributed by atoms with van der Waals surface area (Å²) in [6, 6.07) is 0.0991. The highest BCUT2D eigenvalue weighted by atomic mass is 19.4. The lowest BCUT2D eigenvalue weighted by molar-refractivity contribution is -0.192. The van der Waals surface area contributed by atoms with Crippen LogP contribution in [0.3, 0.4) is 0 Å². The van der Waals surface area contributed by atoms with Gasteiger partial charge in [-0.2, -0.15) is 13.2 Å². The molecule has 1 unspecified atom stereocenters.